The summed E-state index contributed by atoms with van der Waals surface area (Å²) in [7, 11) is -3.88. The van der Waals surface area contributed by atoms with Crippen molar-refractivity contribution in [2.75, 3.05) is 6.54 Å². The van der Waals surface area contributed by atoms with Crippen molar-refractivity contribution in [1.29, 1.82) is 0 Å². The fraction of sp³-hybridized carbons (Fsp3) is 0.269. The summed E-state index contributed by atoms with van der Waals surface area (Å²) in [6.45, 7) is 1.71. The van der Waals surface area contributed by atoms with Gasteiger partial charge in [0.1, 0.15) is 0 Å². The van der Waals surface area contributed by atoms with Crippen LogP contribution in [-0.2, 0) is 27.8 Å². The van der Waals surface area contributed by atoms with Gasteiger partial charge in [-0.3, -0.25) is 4.79 Å². The monoisotopic (exact) mass is 482 g/mol. The summed E-state index contributed by atoms with van der Waals surface area (Å²) < 4.78 is 28.1. The second kappa shape index (κ2) is 10.1. The average Bonchev–Trinajstić information content (AvgIpc) is 2.80. The Kier molecular flexibility index (Phi) is 7.17. The molecule has 0 radical (unpaired) electrons. The second-order valence-electron chi connectivity index (χ2n) is 8.42. The summed E-state index contributed by atoms with van der Waals surface area (Å²) in [5, 5.41) is 3.64. The smallest absolute Gasteiger partial charge is 0.243 e. The lowest BCUT2D eigenvalue weighted by molar-refractivity contribution is -0.122. The van der Waals surface area contributed by atoms with Crippen LogP contribution in [0.4, 0.5) is 0 Å². The van der Waals surface area contributed by atoms with Crippen LogP contribution in [-0.4, -0.2) is 25.2 Å². The number of hydrogen-bond donors (Lipinski definition) is 1. The maximum absolute atomic E-state index is 13.5. The lowest BCUT2D eigenvalue weighted by Crippen LogP contribution is -2.42. The SMILES string of the molecule is Cc1ccc(S(=O)(=O)N(CC(=O)NC2CCCc3ccccc32)Cc2ccc(Cl)cc2)cc1. The first-order valence-electron chi connectivity index (χ1n) is 11.0. The van der Waals surface area contributed by atoms with E-state index in [9.17, 15) is 13.2 Å². The predicted molar refractivity (Wildman–Crippen MR) is 130 cm³/mol. The molecule has 0 saturated carbocycles. The number of carbonyl (C=O) groups is 1. The Labute approximate surface area is 200 Å². The van der Waals surface area contributed by atoms with E-state index in [0.717, 1.165) is 36.0 Å². The van der Waals surface area contributed by atoms with Gasteiger partial charge in [0.15, 0.2) is 0 Å². The van der Waals surface area contributed by atoms with Gasteiger partial charge in [0.2, 0.25) is 15.9 Å². The van der Waals surface area contributed by atoms with Crippen LogP contribution in [0, 0.1) is 6.92 Å². The van der Waals surface area contributed by atoms with Crippen LogP contribution in [0.1, 0.15) is 41.1 Å². The summed E-state index contributed by atoms with van der Waals surface area (Å²) in [4.78, 5) is 13.2. The zero-order valence-corrected chi connectivity index (χ0v) is 20.1. The van der Waals surface area contributed by atoms with Crippen molar-refractivity contribution in [3.8, 4) is 0 Å². The maximum atomic E-state index is 13.5. The first-order chi connectivity index (χ1) is 15.8. The van der Waals surface area contributed by atoms with Gasteiger partial charge in [-0.2, -0.15) is 4.31 Å². The zero-order valence-electron chi connectivity index (χ0n) is 18.5. The van der Waals surface area contributed by atoms with E-state index in [-0.39, 0.29) is 29.9 Å². The predicted octanol–water partition coefficient (Wildman–Crippen LogP) is 5.03. The number of amides is 1. The average molecular weight is 483 g/mol. The minimum Gasteiger partial charge on any atom is -0.348 e. The molecular weight excluding hydrogens is 456 g/mol. The molecule has 5 nitrogen and oxygen atoms in total. The molecule has 0 aromatic heterocycles. The quantitative estimate of drug-likeness (QED) is 0.513. The summed E-state index contributed by atoms with van der Waals surface area (Å²) >= 11 is 5.99. The Morgan fingerprint density at radius 2 is 1.73 bits per heavy atom. The molecular formula is C26H27ClN2O3S. The van der Waals surface area contributed by atoms with E-state index in [1.54, 1.807) is 48.5 Å². The van der Waals surface area contributed by atoms with Gasteiger partial charge < -0.3 is 5.32 Å². The van der Waals surface area contributed by atoms with Gasteiger partial charge in [0, 0.05) is 11.6 Å². The molecule has 33 heavy (non-hydrogen) atoms. The largest absolute Gasteiger partial charge is 0.348 e. The van der Waals surface area contributed by atoms with Gasteiger partial charge in [-0.15, -0.1) is 0 Å². The number of rotatable bonds is 7. The van der Waals surface area contributed by atoms with E-state index in [4.69, 9.17) is 11.6 Å². The molecule has 0 spiro atoms. The van der Waals surface area contributed by atoms with Gasteiger partial charge in [0.25, 0.3) is 0 Å². The number of benzene rings is 3. The Morgan fingerprint density at radius 1 is 1.03 bits per heavy atom. The van der Waals surface area contributed by atoms with Crippen LogP contribution in [0.5, 0.6) is 0 Å². The maximum Gasteiger partial charge on any atom is 0.243 e. The number of nitrogens with one attached hydrogen (secondary N) is 1. The van der Waals surface area contributed by atoms with Crippen molar-refractivity contribution >= 4 is 27.5 Å². The molecule has 1 unspecified atom stereocenters. The summed E-state index contributed by atoms with van der Waals surface area (Å²) in [5.41, 5.74) is 4.07. The van der Waals surface area contributed by atoms with E-state index >= 15 is 0 Å². The topological polar surface area (TPSA) is 66.5 Å². The molecule has 7 heteroatoms. The standard InChI is InChI=1S/C26H27ClN2O3S/c1-19-9-15-23(16-10-19)33(31,32)29(17-20-11-13-22(27)14-12-20)18-26(30)28-25-8-4-6-21-5-2-3-7-24(21)25/h2-3,5,7,9-16,25H,4,6,8,17-18H2,1H3,(H,28,30). The zero-order chi connectivity index (χ0) is 23.4. The molecule has 0 saturated heterocycles. The van der Waals surface area contributed by atoms with Gasteiger partial charge >= 0.3 is 0 Å². The highest BCUT2D eigenvalue weighted by Gasteiger charge is 2.29. The van der Waals surface area contributed by atoms with Crippen LogP contribution in [0.15, 0.2) is 77.7 Å². The molecule has 3 aromatic carbocycles. The fourth-order valence-electron chi connectivity index (χ4n) is 4.18. The summed E-state index contributed by atoms with van der Waals surface area (Å²) in [6, 6.07) is 21.6. The third-order valence-corrected chi connectivity index (χ3v) is 8.01. The molecule has 0 bridgehead atoms. The van der Waals surface area contributed by atoms with Gasteiger partial charge in [-0.25, -0.2) is 8.42 Å². The lowest BCUT2D eigenvalue weighted by Gasteiger charge is -2.28. The molecule has 1 amide bonds. The van der Waals surface area contributed by atoms with E-state index in [0.29, 0.717) is 5.02 Å². The Hall–Kier alpha value is -2.67. The molecule has 0 fully saturated rings. The first kappa shape index (κ1) is 23.5. The van der Waals surface area contributed by atoms with Crippen molar-refractivity contribution in [2.45, 2.75) is 43.7 Å². The third kappa shape index (κ3) is 5.64. The molecule has 1 aliphatic rings. The van der Waals surface area contributed by atoms with Gasteiger partial charge in [-0.1, -0.05) is 65.7 Å². The molecule has 4 rings (SSSR count). The minimum absolute atomic E-state index is 0.0715. The van der Waals surface area contributed by atoms with Crippen LogP contribution in [0.25, 0.3) is 0 Å². The van der Waals surface area contributed by atoms with Crippen molar-refractivity contribution < 1.29 is 13.2 Å². The Balaban J connectivity index is 1.57. The van der Waals surface area contributed by atoms with Gasteiger partial charge in [-0.05, 0) is 67.1 Å². The molecule has 1 atom stereocenters. The van der Waals surface area contributed by atoms with Crippen molar-refractivity contribution in [2.24, 2.45) is 0 Å². The van der Waals surface area contributed by atoms with E-state index < -0.39 is 10.0 Å². The van der Waals surface area contributed by atoms with Crippen molar-refractivity contribution in [3.05, 3.63) is 100 Å². The second-order valence-corrected chi connectivity index (χ2v) is 10.8. The van der Waals surface area contributed by atoms with Crippen LogP contribution in [0.2, 0.25) is 5.02 Å². The van der Waals surface area contributed by atoms with Crippen LogP contribution < -0.4 is 5.32 Å². The van der Waals surface area contributed by atoms with E-state index in [1.165, 1.54) is 9.87 Å². The lowest BCUT2D eigenvalue weighted by atomic mass is 9.88. The Bertz CT molecular complexity index is 1230. The molecule has 0 heterocycles. The van der Waals surface area contributed by atoms with Gasteiger partial charge in [0.05, 0.1) is 17.5 Å². The number of fused-ring (bicyclic) bond motifs is 1. The van der Waals surface area contributed by atoms with E-state index in [2.05, 4.69) is 11.4 Å². The highest BCUT2D eigenvalue weighted by Crippen LogP contribution is 2.29. The highest BCUT2D eigenvalue weighted by atomic mass is 35.5. The first-order valence-corrected chi connectivity index (χ1v) is 12.8. The summed E-state index contributed by atoms with van der Waals surface area (Å²) in [6.07, 6.45) is 2.82. The number of halogens is 1. The fourth-order valence-corrected chi connectivity index (χ4v) is 5.69. The number of hydrogen-bond acceptors (Lipinski definition) is 3. The minimum atomic E-state index is -3.88. The highest BCUT2D eigenvalue weighted by molar-refractivity contribution is 7.89. The van der Waals surface area contributed by atoms with Crippen LogP contribution in [0.3, 0.4) is 0 Å². The number of nitrogens with zero attached hydrogens (tertiary/aromatic N) is 1. The number of sulfonamides is 1. The third-order valence-electron chi connectivity index (χ3n) is 5.96. The summed E-state index contributed by atoms with van der Waals surface area (Å²) in [5.74, 6) is -0.318. The van der Waals surface area contributed by atoms with Crippen molar-refractivity contribution in [3.63, 3.8) is 0 Å². The normalized spacial score (nSPS) is 15.8. The number of aryl methyl sites for hydroxylation is 2. The molecule has 1 aliphatic carbocycles. The molecule has 172 valence electrons. The molecule has 3 aromatic rings. The number of carbonyl (C=O) groups excluding carboxylic acids is 1. The van der Waals surface area contributed by atoms with E-state index in [1.807, 2.05) is 25.1 Å². The molecule has 1 N–H and O–H groups in total. The molecule has 0 aliphatic heterocycles. The Morgan fingerprint density at radius 3 is 2.45 bits per heavy atom. The van der Waals surface area contributed by atoms with Crippen LogP contribution >= 0.6 is 11.6 Å². The van der Waals surface area contributed by atoms with Crippen molar-refractivity contribution in [1.82, 2.24) is 9.62 Å².